The lowest BCUT2D eigenvalue weighted by atomic mass is 9.97. The number of hydrogen-bond acceptors (Lipinski definition) is 3. The summed E-state index contributed by atoms with van der Waals surface area (Å²) in [6.45, 7) is 8.28. The molecule has 0 aliphatic carbocycles. The van der Waals surface area contributed by atoms with Crippen molar-refractivity contribution in [2.75, 3.05) is 6.61 Å². The summed E-state index contributed by atoms with van der Waals surface area (Å²) in [4.78, 5) is 23.1. The number of alkyl carbamates (subject to hydrolysis) is 1. The Balaban J connectivity index is 2.76. The SMILES string of the molecule is CCc1ccc(CC(NC(=O)OCC(C)C)C(=O)O)cc1CC. The zero-order valence-corrected chi connectivity index (χ0v) is 14.4. The van der Waals surface area contributed by atoms with Gasteiger partial charge in [0.1, 0.15) is 6.04 Å². The quantitative estimate of drug-likeness (QED) is 0.771. The van der Waals surface area contributed by atoms with Crippen LogP contribution in [0.3, 0.4) is 0 Å². The Morgan fingerprint density at radius 2 is 1.83 bits per heavy atom. The Morgan fingerprint density at radius 1 is 1.17 bits per heavy atom. The first-order chi connectivity index (χ1) is 10.9. The Bertz CT molecular complexity index is 540. The zero-order chi connectivity index (χ0) is 17.4. The van der Waals surface area contributed by atoms with Crippen LogP contribution < -0.4 is 5.32 Å². The van der Waals surface area contributed by atoms with E-state index in [0.717, 1.165) is 18.4 Å². The number of aryl methyl sites for hydroxylation is 2. The minimum Gasteiger partial charge on any atom is -0.480 e. The second-order valence-electron chi connectivity index (χ2n) is 6.04. The molecular weight excluding hydrogens is 294 g/mol. The van der Waals surface area contributed by atoms with Gasteiger partial charge in [-0.25, -0.2) is 9.59 Å². The fraction of sp³-hybridized carbons (Fsp3) is 0.556. The molecule has 0 saturated carbocycles. The molecule has 1 amide bonds. The van der Waals surface area contributed by atoms with Crippen molar-refractivity contribution in [1.29, 1.82) is 0 Å². The highest BCUT2D eigenvalue weighted by Crippen LogP contribution is 2.15. The molecule has 0 fully saturated rings. The van der Waals surface area contributed by atoms with Crippen molar-refractivity contribution >= 4 is 12.1 Å². The largest absolute Gasteiger partial charge is 0.480 e. The van der Waals surface area contributed by atoms with Gasteiger partial charge in [0, 0.05) is 6.42 Å². The lowest BCUT2D eigenvalue weighted by Crippen LogP contribution is -2.42. The Labute approximate surface area is 138 Å². The summed E-state index contributed by atoms with van der Waals surface area (Å²) in [5.41, 5.74) is 3.39. The molecule has 23 heavy (non-hydrogen) atoms. The van der Waals surface area contributed by atoms with E-state index in [-0.39, 0.29) is 18.9 Å². The van der Waals surface area contributed by atoms with E-state index in [0.29, 0.717) is 0 Å². The van der Waals surface area contributed by atoms with Gasteiger partial charge in [-0.2, -0.15) is 0 Å². The fourth-order valence-electron chi connectivity index (χ4n) is 2.34. The highest BCUT2D eigenvalue weighted by Gasteiger charge is 2.21. The molecule has 2 N–H and O–H groups in total. The highest BCUT2D eigenvalue weighted by atomic mass is 16.5. The van der Waals surface area contributed by atoms with E-state index in [4.69, 9.17) is 4.74 Å². The van der Waals surface area contributed by atoms with Gasteiger partial charge in [-0.1, -0.05) is 45.9 Å². The lowest BCUT2D eigenvalue weighted by Gasteiger charge is -2.16. The molecule has 0 radical (unpaired) electrons. The normalized spacial score (nSPS) is 12.0. The number of rotatable bonds is 8. The van der Waals surface area contributed by atoms with E-state index < -0.39 is 18.1 Å². The third-order valence-corrected chi connectivity index (χ3v) is 3.61. The molecule has 5 nitrogen and oxygen atoms in total. The molecular formula is C18H27NO4. The van der Waals surface area contributed by atoms with Gasteiger partial charge >= 0.3 is 12.1 Å². The fourth-order valence-corrected chi connectivity index (χ4v) is 2.34. The first-order valence-electron chi connectivity index (χ1n) is 8.14. The maximum atomic E-state index is 11.7. The van der Waals surface area contributed by atoms with Gasteiger partial charge in [-0.3, -0.25) is 0 Å². The monoisotopic (exact) mass is 321 g/mol. The van der Waals surface area contributed by atoms with E-state index in [1.54, 1.807) is 0 Å². The topological polar surface area (TPSA) is 75.6 Å². The smallest absolute Gasteiger partial charge is 0.407 e. The number of amides is 1. The van der Waals surface area contributed by atoms with Crippen LogP contribution in [0, 0.1) is 5.92 Å². The third kappa shape index (κ3) is 6.30. The molecule has 0 aliphatic rings. The van der Waals surface area contributed by atoms with Gasteiger partial charge in [0.2, 0.25) is 0 Å². The molecule has 0 bridgehead atoms. The number of carbonyl (C=O) groups excluding carboxylic acids is 1. The van der Waals surface area contributed by atoms with Crippen LogP contribution >= 0.6 is 0 Å². The summed E-state index contributed by atoms with van der Waals surface area (Å²) in [7, 11) is 0. The molecule has 0 saturated heterocycles. The summed E-state index contributed by atoms with van der Waals surface area (Å²) in [6, 6.07) is 4.99. The molecule has 5 heteroatoms. The molecule has 1 rings (SSSR count). The second kappa shape index (κ2) is 9.18. The Hall–Kier alpha value is -2.04. The maximum Gasteiger partial charge on any atom is 0.407 e. The van der Waals surface area contributed by atoms with Crippen LogP contribution in [-0.2, 0) is 28.8 Å². The molecule has 1 unspecified atom stereocenters. The molecule has 0 aliphatic heterocycles. The van der Waals surface area contributed by atoms with Gasteiger partial charge in [0.05, 0.1) is 6.61 Å². The van der Waals surface area contributed by atoms with Crippen molar-refractivity contribution in [2.24, 2.45) is 5.92 Å². The van der Waals surface area contributed by atoms with Crippen LogP contribution in [-0.4, -0.2) is 29.8 Å². The summed E-state index contributed by atoms with van der Waals surface area (Å²) in [6.07, 6.45) is 1.40. The first-order valence-corrected chi connectivity index (χ1v) is 8.14. The van der Waals surface area contributed by atoms with E-state index in [1.165, 1.54) is 11.1 Å². The number of carboxylic acid groups (broad SMARTS) is 1. The van der Waals surface area contributed by atoms with E-state index in [9.17, 15) is 14.7 Å². The number of ether oxygens (including phenoxy) is 1. The van der Waals surface area contributed by atoms with Crippen molar-refractivity contribution < 1.29 is 19.4 Å². The standard InChI is InChI=1S/C18H27NO4/c1-5-14-8-7-13(9-15(14)6-2)10-16(17(20)21)19-18(22)23-11-12(3)4/h7-9,12,16H,5-6,10-11H2,1-4H3,(H,19,22)(H,20,21). The molecule has 0 heterocycles. The van der Waals surface area contributed by atoms with E-state index in [1.807, 2.05) is 32.0 Å². The number of nitrogens with one attached hydrogen (secondary N) is 1. The van der Waals surface area contributed by atoms with Gasteiger partial charge in [-0.05, 0) is 35.4 Å². The van der Waals surface area contributed by atoms with Crippen molar-refractivity contribution in [2.45, 2.75) is 53.0 Å². The molecule has 0 spiro atoms. The van der Waals surface area contributed by atoms with Crippen molar-refractivity contribution in [1.82, 2.24) is 5.32 Å². The van der Waals surface area contributed by atoms with Crippen LogP contribution in [0.15, 0.2) is 18.2 Å². The summed E-state index contributed by atoms with van der Waals surface area (Å²) >= 11 is 0. The van der Waals surface area contributed by atoms with Crippen molar-refractivity contribution in [3.8, 4) is 0 Å². The van der Waals surface area contributed by atoms with E-state index >= 15 is 0 Å². The van der Waals surface area contributed by atoms with Crippen molar-refractivity contribution in [3.63, 3.8) is 0 Å². The molecule has 0 aromatic heterocycles. The second-order valence-corrected chi connectivity index (χ2v) is 6.04. The maximum absolute atomic E-state index is 11.7. The molecule has 128 valence electrons. The Kier molecular flexibility index (Phi) is 7.59. The summed E-state index contributed by atoms with van der Waals surface area (Å²) in [5.74, 6) is -0.859. The number of hydrogen-bond donors (Lipinski definition) is 2. The molecule has 1 aromatic carbocycles. The van der Waals surface area contributed by atoms with Gasteiger partial charge in [-0.15, -0.1) is 0 Å². The van der Waals surface area contributed by atoms with Crippen LogP contribution in [0.5, 0.6) is 0 Å². The van der Waals surface area contributed by atoms with Crippen LogP contribution in [0.4, 0.5) is 4.79 Å². The number of aliphatic carboxylic acids is 1. The predicted octanol–water partition coefficient (Wildman–Crippen LogP) is 3.19. The average molecular weight is 321 g/mol. The minimum absolute atomic E-state index is 0.206. The summed E-state index contributed by atoms with van der Waals surface area (Å²) in [5, 5.41) is 11.7. The number of carboxylic acids is 1. The van der Waals surface area contributed by atoms with Gasteiger partial charge in [0.25, 0.3) is 0 Å². The molecule has 1 aromatic rings. The third-order valence-electron chi connectivity index (χ3n) is 3.61. The Morgan fingerprint density at radius 3 is 2.35 bits per heavy atom. The average Bonchev–Trinajstić information content (AvgIpc) is 2.51. The minimum atomic E-state index is -1.07. The summed E-state index contributed by atoms with van der Waals surface area (Å²) < 4.78 is 4.99. The lowest BCUT2D eigenvalue weighted by molar-refractivity contribution is -0.139. The van der Waals surface area contributed by atoms with Gasteiger partial charge in [0.15, 0.2) is 0 Å². The number of benzene rings is 1. The van der Waals surface area contributed by atoms with E-state index in [2.05, 4.69) is 19.2 Å². The van der Waals surface area contributed by atoms with Crippen LogP contribution in [0.2, 0.25) is 0 Å². The zero-order valence-electron chi connectivity index (χ0n) is 14.4. The first kappa shape index (κ1) is 19.0. The highest BCUT2D eigenvalue weighted by molar-refractivity contribution is 5.80. The van der Waals surface area contributed by atoms with Gasteiger partial charge < -0.3 is 15.2 Å². The number of carbonyl (C=O) groups is 2. The van der Waals surface area contributed by atoms with Crippen molar-refractivity contribution in [3.05, 3.63) is 34.9 Å². The van der Waals surface area contributed by atoms with Crippen LogP contribution in [0.25, 0.3) is 0 Å². The van der Waals surface area contributed by atoms with Crippen LogP contribution in [0.1, 0.15) is 44.4 Å². The molecule has 1 atom stereocenters. The predicted molar refractivity (Wildman–Crippen MR) is 89.6 cm³/mol.